The van der Waals surface area contributed by atoms with Crippen molar-refractivity contribution in [2.45, 2.75) is 19.5 Å². The van der Waals surface area contributed by atoms with Crippen molar-refractivity contribution in [2.24, 2.45) is 0 Å². The van der Waals surface area contributed by atoms with E-state index in [9.17, 15) is 23.9 Å². The first kappa shape index (κ1) is 20.2. The molecule has 7 nitrogen and oxygen atoms in total. The molecule has 0 aliphatic carbocycles. The zero-order valence-electron chi connectivity index (χ0n) is 16.2. The summed E-state index contributed by atoms with van der Waals surface area (Å²) >= 11 is 5.82. The number of hydrogen-bond acceptors (Lipinski definition) is 4. The number of fused-ring (bicyclic) bond motifs is 3. The van der Waals surface area contributed by atoms with Crippen molar-refractivity contribution in [2.75, 3.05) is 20.1 Å². The van der Waals surface area contributed by atoms with Crippen LogP contribution in [-0.4, -0.2) is 51.4 Å². The van der Waals surface area contributed by atoms with E-state index in [1.807, 2.05) is 0 Å². The third kappa shape index (κ3) is 3.27. The lowest BCUT2D eigenvalue weighted by atomic mass is 10.0. The lowest BCUT2D eigenvalue weighted by Gasteiger charge is -2.33. The Hall–Kier alpha value is -3.13. The van der Waals surface area contributed by atoms with Crippen LogP contribution in [0.2, 0.25) is 5.02 Å². The molecule has 2 aromatic rings. The summed E-state index contributed by atoms with van der Waals surface area (Å²) in [6.45, 7) is 0.992. The molecule has 4 rings (SSSR count). The molecular weight excluding hydrogens is 413 g/mol. The Bertz CT molecular complexity index is 1160. The van der Waals surface area contributed by atoms with Gasteiger partial charge in [0.05, 0.1) is 5.02 Å². The average Bonchev–Trinajstić information content (AvgIpc) is 2.71. The Kier molecular flexibility index (Phi) is 5.11. The number of pyridine rings is 1. The van der Waals surface area contributed by atoms with E-state index in [-0.39, 0.29) is 53.9 Å². The molecular formula is C21H19ClFN3O4. The van der Waals surface area contributed by atoms with Gasteiger partial charge in [-0.3, -0.25) is 14.4 Å². The second kappa shape index (κ2) is 7.60. The van der Waals surface area contributed by atoms with E-state index in [2.05, 4.69) is 0 Å². The molecule has 1 aromatic heterocycles. The van der Waals surface area contributed by atoms with Gasteiger partial charge in [0, 0.05) is 38.8 Å². The van der Waals surface area contributed by atoms with Gasteiger partial charge in [0.15, 0.2) is 11.4 Å². The molecule has 2 aliphatic rings. The van der Waals surface area contributed by atoms with Crippen molar-refractivity contribution < 1.29 is 19.1 Å². The van der Waals surface area contributed by atoms with Gasteiger partial charge in [0.25, 0.3) is 11.8 Å². The van der Waals surface area contributed by atoms with E-state index in [0.717, 1.165) is 0 Å². The minimum atomic E-state index is -0.718. The number of aromatic nitrogens is 1. The van der Waals surface area contributed by atoms with E-state index >= 15 is 0 Å². The van der Waals surface area contributed by atoms with Crippen molar-refractivity contribution in [3.05, 3.63) is 73.9 Å². The van der Waals surface area contributed by atoms with Gasteiger partial charge in [0.1, 0.15) is 11.5 Å². The number of rotatable bonds is 2. The zero-order valence-corrected chi connectivity index (χ0v) is 16.9. The lowest BCUT2D eigenvalue weighted by Crippen LogP contribution is -2.45. The summed E-state index contributed by atoms with van der Waals surface area (Å²) in [4.78, 5) is 41.8. The number of aromatic hydroxyl groups is 1. The molecule has 0 unspecified atom stereocenters. The van der Waals surface area contributed by atoms with Crippen LogP contribution in [0.1, 0.15) is 32.1 Å². The highest BCUT2D eigenvalue weighted by Crippen LogP contribution is 2.27. The quantitative estimate of drug-likeness (QED) is 0.739. The van der Waals surface area contributed by atoms with Crippen molar-refractivity contribution >= 4 is 23.4 Å². The Labute approximate surface area is 176 Å². The van der Waals surface area contributed by atoms with Crippen molar-refractivity contribution in [3.8, 4) is 5.75 Å². The molecule has 2 aliphatic heterocycles. The highest BCUT2D eigenvalue weighted by Gasteiger charge is 2.35. The third-order valence-corrected chi connectivity index (χ3v) is 5.69. The molecule has 0 bridgehead atoms. The first-order chi connectivity index (χ1) is 14.3. The van der Waals surface area contributed by atoms with Gasteiger partial charge in [-0.15, -0.1) is 0 Å². The van der Waals surface area contributed by atoms with Gasteiger partial charge in [-0.1, -0.05) is 29.8 Å². The van der Waals surface area contributed by atoms with E-state index in [1.54, 1.807) is 19.2 Å². The van der Waals surface area contributed by atoms with Crippen molar-refractivity contribution in [3.63, 3.8) is 0 Å². The summed E-state index contributed by atoms with van der Waals surface area (Å²) in [5.74, 6) is -2.17. The number of allylic oxidation sites excluding steroid dienone is 1. The molecule has 0 radical (unpaired) electrons. The monoisotopic (exact) mass is 431 g/mol. The number of likely N-dealkylation sites (N-methyl/N-ethyl adjacent to an activating group) is 1. The fourth-order valence-electron chi connectivity index (χ4n) is 3.81. The van der Waals surface area contributed by atoms with Gasteiger partial charge in [-0.2, -0.15) is 0 Å². The smallest absolute Gasteiger partial charge is 0.274 e. The molecule has 0 saturated heterocycles. The van der Waals surface area contributed by atoms with Crippen LogP contribution in [0, 0.1) is 5.82 Å². The highest BCUT2D eigenvalue weighted by atomic mass is 35.5. The first-order valence-electron chi connectivity index (χ1n) is 9.42. The van der Waals surface area contributed by atoms with Crippen LogP contribution in [0.3, 0.4) is 0 Å². The average molecular weight is 432 g/mol. The van der Waals surface area contributed by atoms with Gasteiger partial charge in [-0.25, -0.2) is 4.39 Å². The zero-order chi connectivity index (χ0) is 21.6. The highest BCUT2D eigenvalue weighted by molar-refractivity contribution is 6.30. The minimum Gasteiger partial charge on any atom is -0.503 e. The van der Waals surface area contributed by atoms with E-state index in [4.69, 9.17) is 11.6 Å². The Morgan fingerprint density at radius 3 is 2.60 bits per heavy atom. The van der Waals surface area contributed by atoms with Gasteiger partial charge in [-0.05, 0) is 24.1 Å². The molecule has 9 heteroatoms. The molecule has 0 spiro atoms. The number of carbonyl (C=O) groups excluding carboxylic acids is 2. The molecule has 1 N–H and O–H groups in total. The summed E-state index contributed by atoms with van der Waals surface area (Å²) in [6, 6.07) is 4.16. The van der Waals surface area contributed by atoms with Crippen LogP contribution in [0.25, 0.3) is 0 Å². The minimum absolute atomic E-state index is 0.0560. The summed E-state index contributed by atoms with van der Waals surface area (Å²) in [6.07, 6.45) is 3.75. The number of carbonyl (C=O) groups is 2. The van der Waals surface area contributed by atoms with Crippen molar-refractivity contribution in [1.29, 1.82) is 0 Å². The predicted octanol–water partition coefficient (Wildman–Crippen LogP) is 2.19. The van der Waals surface area contributed by atoms with Crippen LogP contribution in [-0.2, 0) is 19.5 Å². The summed E-state index contributed by atoms with van der Waals surface area (Å²) in [5.41, 5.74) is -0.000544. The third-order valence-electron chi connectivity index (χ3n) is 5.40. The van der Waals surface area contributed by atoms with Gasteiger partial charge in [0.2, 0.25) is 5.43 Å². The Morgan fingerprint density at radius 2 is 1.87 bits per heavy atom. The van der Waals surface area contributed by atoms with E-state index in [1.165, 1.54) is 32.6 Å². The molecule has 0 saturated carbocycles. The predicted molar refractivity (Wildman–Crippen MR) is 108 cm³/mol. The standard InChI is InChI=1S/C21H19ClFN3O4/c1-24-7-3-2-4-13-16(20(24)29)26-9-8-25(21(30)17(26)19(28)18(13)27)11-12-5-6-15(23)14(22)10-12/h2-3,5-6,10,28H,4,7-9,11H2,1H3/b3-2-. The molecule has 0 fully saturated rings. The van der Waals surface area contributed by atoms with Crippen LogP contribution in [0.15, 0.2) is 35.1 Å². The normalized spacial score (nSPS) is 17.3. The van der Waals surface area contributed by atoms with Crippen LogP contribution in [0.5, 0.6) is 5.75 Å². The fourth-order valence-corrected chi connectivity index (χ4v) is 4.02. The second-order valence-electron chi connectivity index (χ2n) is 7.34. The number of nitrogens with zero attached hydrogens (tertiary/aromatic N) is 3. The first-order valence-corrected chi connectivity index (χ1v) is 9.79. The fraction of sp³-hybridized carbons (Fsp3) is 0.286. The van der Waals surface area contributed by atoms with Crippen molar-refractivity contribution in [1.82, 2.24) is 14.4 Å². The number of hydrogen-bond donors (Lipinski definition) is 1. The number of benzene rings is 1. The number of amides is 2. The van der Waals surface area contributed by atoms with Crippen LogP contribution >= 0.6 is 11.6 Å². The molecule has 156 valence electrons. The Morgan fingerprint density at radius 1 is 1.10 bits per heavy atom. The lowest BCUT2D eigenvalue weighted by molar-refractivity contribution is 0.0674. The summed E-state index contributed by atoms with van der Waals surface area (Å²) < 4.78 is 14.9. The van der Waals surface area contributed by atoms with Crippen LogP contribution < -0.4 is 5.43 Å². The molecule has 30 heavy (non-hydrogen) atoms. The van der Waals surface area contributed by atoms with E-state index < -0.39 is 22.9 Å². The SMILES string of the molecule is CN1C/C=C\Cc2c(n3c(c(O)c2=O)C(=O)N(Cc2ccc(F)c(Cl)c2)CC3)C1=O. The van der Waals surface area contributed by atoms with Gasteiger partial charge < -0.3 is 19.5 Å². The number of halogens is 2. The second-order valence-corrected chi connectivity index (χ2v) is 7.75. The van der Waals surface area contributed by atoms with Crippen LogP contribution in [0.4, 0.5) is 4.39 Å². The summed E-state index contributed by atoms with van der Waals surface area (Å²) in [5, 5.41) is 10.5. The topological polar surface area (TPSA) is 82.8 Å². The molecule has 0 atom stereocenters. The maximum atomic E-state index is 13.4. The van der Waals surface area contributed by atoms with Gasteiger partial charge >= 0.3 is 0 Å². The molecule has 2 amide bonds. The summed E-state index contributed by atoms with van der Waals surface area (Å²) in [7, 11) is 1.61. The maximum absolute atomic E-state index is 13.4. The Balaban J connectivity index is 1.79. The largest absolute Gasteiger partial charge is 0.503 e. The maximum Gasteiger partial charge on any atom is 0.274 e. The van der Waals surface area contributed by atoms with E-state index in [0.29, 0.717) is 12.1 Å². The molecule has 3 heterocycles. The molecule has 1 aromatic carbocycles.